The molecule has 45 heavy (non-hydrogen) atoms. The van der Waals surface area contributed by atoms with E-state index in [9.17, 15) is 19.5 Å². The van der Waals surface area contributed by atoms with Crippen molar-refractivity contribution >= 4 is 34.8 Å². The summed E-state index contributed by atoms with van der Waals surface area (Å²) in [6, 6.07) is 6.60. The minimum Gasteiger partial charge on any atom is -0.481 e. The Morgan fingerprint density at radius 3 is 2.40 bits per heavy atom. The number of nitrogens with zero attached hydrogens (tertiary/aromatic N) is 4. The number of carbonyl (C=O) groups excluding carboxylic acids is 1. The first-order valence-corrected chi connectivity index (χ1v) is 14.7. The molecule has 0 spiro atoms. The fourth-order valence-corrected chi connectivity index (χ4v) is 6.63. The lowest BCUT2D eigenvalue weighted by Gasteiger charge is -2.40. The van der Waals surface area contributed by atoms with Gasteiger partial charge in [-0.25, -0.2) is 18.6 Å². The second kappa shape index (κ2) is 11.7. The van der Waals surface area contributed by atoms with Gasteiger partial charge in [0.1, 0.15) is 17.2 Å². The number of amides is 1. The summed E-state index contributed by atoms with van der Waals surface area (Å²) in [6.45, 7) is 1.13. The summed E-state index contributed by atoms with van der Waals surface area (Å²) in [7, 11) is 4.11. The Bertz CT molecular complexity index is 2010. The number of hydrogen-bond acceptors (Lipinski definition) is 7. The average Bonchev–Trinajstić information content (AvgIpc) is 3.42. The molecule has 1 aliphatic carbocycles. The second-order valence-corrected chi connectivity index (χ2v) is 11.8. The van der Waals surface area contributed by atoms with Crippen LogP contribution in [0.2, 0.25) is 10.0 Å². The third-order valence-electron chi connectivity index (χ3n) is 8.30. The van der Waals surface area contributed by atoms with Gasteiger partial charge in [0.15, 0.2) is 0 Å². The summed E-state index contributed by atoms with van der Waals surface area (Å²) >= 11 is 13.4. The van der Waals surface area contributed by atoms with Gasteiger partial charge in [-0.05, 0) is 48.7 Å². The van der Waals surface area contributed by atoms with E-state index in [2.05, 4.69) is 15.2 Å². The molecular weight excluding hydrogens is 631 g/mol. The van der Waals surface area contributed by atoms with Crippen molar-refractivity contribution in [3.63, 3.8) is 0 Å². The first-order valence-electron chi connectivity index (χ1n) is 14.0. The lowest BCUT2D eigenvalue weighted by Crippen LogP contribution is -2.51. The number of ether oxygens (including phenoxy) is 1. The van der Waals surface area contributed by atoms with E-state index in [1.807, 2.05) is 6.07 Å². The molecule has 0 radical (unpaired) electrons. The molecule has 1 amide bonds. The molecule has 2 aromatic carbocycles. The summed E-state index contributed by atoms with van der Waals surface area (Å²) in [4.78, 5) is 44.5. The average molecular weight is 658 g/mol. The Balaban J connectivity index is 1.40. The Hall–Kier alpha value is -4.10. The van der Waals surface area contributed by atoms with Crippen molar-refractivity contribution in [2.75, 3.05) is 25.5 Å². The highest BCUT2D eigenvalue weighted by Gasteiger charge is 2.38. The molecule has 3 heterocycles. The van der Waals surface area contributed by atoms with Crippen molar-refractivity contribution in [3.05, 3.63) is 95.7 Å². The maximum absolute atomic E-state index is 15.5. The minimum atomic E-state index is -0.911. The Morgan fingerprint density at radius 2 is 1.73 bits per heavy atom. The van der Waals surface area contributed by atoms with Crippen molar-refractivity contribution in [2.45, 2.75) is 25.0 Å². The van der Waals surface area contributed by atoms with Gasteiger partial charge in [0.05, 0.1) is 34.6 Å². The largest absolute Gasteiger partial charge is 0.481 e. The number of aliphatic hydroxyl groups excluding tert-OH is 1. The van der Waals surface area contributed by atoms with Crippen molar-refractivity contribution in [1.29, 1.82) is 0 Å². The Morgan fingerprint density at radius 1 is 1.07 bits per heavy atom. The van der Waals surface area contributed by atoms with E-state index in [-0.39, 0.29) is 39.0 Å². The number of halogens is 4. The first kappa shape index (κ1) is 30.9. The molecule has 14 heteroatoms. The van der Waals surface area contributed by atoms with Crippen LogP contribution in [0.5, 0.6) is 5.88 Å². The number of pyridine rings is 1. The van der Waals surface area contributed by atoms with Crippen LogP contribution in [0.3, 0.4) is 0 Å². The molecule has 234 valence electrons. The van der Waals surface area contributed by atoms with E-state index < -0.39 is 34.4 Å². The van der Waals surface area contributed by atoms with Gasteiger partial charge >= 0.3 is 5.69 Å². The van der Waals surface area contributed by atoms with E-state index in [1.54, 1.807) is 0 Å². The fourth-order valence-electron chi connectivity index (χ4n) is 5.99. The van der Waals surface area contributed by atoms with Gasteiger partial charge in [-0.2, -0.15) is 0 Å². The molecule has 6 rings (SSSR count). The lowest BCUT2D eigenvalue weighted by molar-refractivity contribution is -0.0256. The second-order valence-electron chi connectivity index (χ2n) is 11.1. The van der Waals surface area contributed by atoms with E-state index >= 15 is 8.78 Å². The zero-order chi connectivity index (χ0) is 32.3. The van der Waals surface area contributed by atoms with E-state index in [0.29, 0.717) is 30.2 Å². The number of carbonyl (C=O) groups is 1. The van der Waals surface area contributed by atoms with Crippen LogP contribution in [-0.2, 0) is 20.5 Å². The number of likely N-dealkylation sites (tertiary alicyclic amines) is 1. The third-order valence-corrected chi connectivity index (χ3v) is 9.09. The van der Waals surface area contributed by atoms with Crippen LogP contribution >= 0.6 is 23.2 Å². The molecule has 1 fully saturated rings. The third kappa shape index (κ3) is 5.21. The van der Waals surface area contributed by atoms with Gasteiger partial charge in [-0.1, -0.05) is 23.2 Å². The van der Waals surface area contributed by atoms with Crippen LogP contribution in [0.1, 0.15) is 33.9 Å². The van der Waals surface area contributed by atoms with Crippen LogP contribution in [0.25, 0.3) is 22.4 Å². The standard InChI is InChI=1S/C31H27Cl2F2N5O5/c1-38-13-17(30(43)39(2)31(38)44)28(42)36-20-8-7-19(35)25(27(20)33)24-18(34)6-5-16(26(24)32)21-10-14-4-9-22(40-11-15(41)12-40)23(14)29(37-21)45-3/h5-8,10,13,15,22,41H,4,9,11-12H2,1-3H3,(H,36,42)/t22-/m0/s1. The molecule has 4 aromatic rings. The monoisotopic (exact) mass is 657 g/mol. The number of fused-ring (bicyclic) bond motifs is 1. The number of anilines is 1. The highest BCUT2D eigenvalue weighted by Crippen LogP contribution is 2.47. The smallest absolute Gasteiger partial charge is 0.330 e. The van der Waals surface area contributed by atoms with Gasteiger partial charge in [0, 0.05) is 61.7 Å². The van der Waals surface area contributed by atoms with E-state index in [1.165, 1.54) is 33.3 Å². The molecule has 10 nitrogen and oxygen atoms in total. The topological polar surface area (TPSA) is 119 Å². The molecule has 2 aliphatic rings. The van der Waals surface area contributed by atoms with Gasteiger partial charge in [0.2, 0.25) is 5.88 Å². The summed E-state index contributed by atoms with van der Waals surface area (Å²) in [5.41, 5.74) is -0.122. The summed E-state index contributed by atoms with van der Waals surface area (Å²) in [5, 5.41) is 11.7. The van der Waals surface area contributed by atoms with Gasteiger partial charge in [0.25, 0.3) is 11.5 Å². The number of nitrogens with one attached hydrogen (secondary N) is 1. The number of aliphatic hydroxyl groups is 1. The quantitative estimate of drug-likeness (QED) is 0.317. The molecule has 0 unspecified atom stereocenters. The van der Waals surface area contributed by atoms with Gasteiger partial charge in [-0.3, -0.25) is 19.1 Å². The van der Waals surface area contributed by atoms with Crippen LogP contribution in [0, 0.1) is 11.6 Å². The highest BCUT2D eigenvalue weighted by atomic mass is 35.5. The predicted octanol–water partition coefficient (Wildman–Crippen LogP) is 4.32. The van der Waals surface area contributed by atoms with Crippen molar-refractivity contribution in [1.82, 2.24) is 19.0 Å². The van der Waals surface area contributed by atoms with Gasteiger partial charge in [-0.15, -0.1) is 0 Å². The van der Waals surface area contributed by atoms with Crippen molar-refractivity contribution < 1.29 is 23.4 Å². The Labute approximate surface area is 265 Å². The predicted molar refractivity (Wildman–Crippen MR) is 165 cm³/mol. The van der Waals surface area contributed by atoms with Crippen LogP contribution in [0.15, 0.2) is 46.1 Å². The molecule has 1 saturated heterocycles. The fraction of sp³-hybridized carbons (Fsp3) is 0.290. The van der Waals surface area contributed by atoms with Crippen LogP contribution < -0.4 is 21.3 Å². The minimum absolute atomic E-state index is 0.0472. The van der Waals surface area contributed by atoms with E-state index in [0.717, 1.165) is 51.4 Å². The number of hydrogen-bond donors (Lipinski definition) is 2. The molecular formula is C31H27Cl2F2N5O5. The highest BCUT2D eigenvalue weighted by molar-refractivity contribution is 6.39. The molecule has 1 aliphatic heterocycles. The number of benzene rings is 2. The zero-order valence-corrected chi connectivity index (χ0v) is 25.8. The maximum atomic E-state index is 15.5. The lowest BCUT2D eigenvalue weighted by atomic mass is 9.97. The number of aromatic nitrogens is 3. The normalized spacial score (nSPS) is 16.4. The number of aryl methyl sites for hydroxylation is 2. The van der Waals surface area contributed by atoms with Gasteiger partial charge < -0.3 is 19.7 Å². The SMILES string of the molecule is COc1nc(-c2ccc(F)c(-c3c(F)ccc(NC(=O)c4cn(C)c(=O)n(C)c4=O)c3Cl)c2Cl)cc2c1[C@@H](N1CC(O)C1)CC2. The molecule has 0 bridgehead atoms. The summed E-state index contributed by atoms with van der Waals surface area (Å²) in [5.74, 6) is -2.31. The van der Waals surface area contributed by atoms with Crippen molar-refractivity contribution in [2.24, 2.45) is 14.1 Å². The molecule has 1 atom stereocenters. The number of rotatable bonds is 6. The number of β-amino-alcohol motifs (C(OH)–C–C–N with tert-alkyl or cyclic N) is 1. The zero-order valence-electron chi connectivity index (χ0n) is 24.3. The Kier molecular flexibility index (Phi) is 8.02. The molecule has 2 aromatic heterocycles. The van der Waals surface area contributed by atoms with Crippen LogP contribution in [0.4, 0.5) is 14.5 Å². The van der Waals surface area contributed by atoms with Crippen molar-refractivity contribution in [3.8, 4) is 28.3 Å². The molecule has 2 N–H and O–H groups in total. The first-order chi connectivity index (χ1) is 21.4. The number of methoxy groups -OCH3 is 1. The molecule has 0 saturated carbocycles. The summed E-state index contributed by atoms with van der Waals surface area (Å²) in [6.07, 6.45) is 2.26. The van der Waals surface area contributed by atoms with E-state index in [4.69, 9.17) is 27.9 Å². The maximum Gasteiger partial charge on any atom is 0.330 e. The summed E-state index contributed by atoms with van der Waals surface area (Å²) < 4.78 is 38.3. The van der Waals surface area contributed by atoms with Crippen LogP contribution in [-0.4, -0.2) is 56.3 Å².